The van der Waals surface area contributed by atoms with Crippen molar-refractivity contribution in [2.45, 2.75) is 51.2 Å². The van der Waals surface area contributed by atoms with Crippen LogP contribution in [0.3, 0.4) is 0 Å². The largest absolute Gasteiger partial charge is 0.491 e. The minimum Gasteiger partial charge on any atom is -0.491 e. The van der Waals surface area contributed by atoms with Gasteiger partial charge in [0.15, 0.2) is 17.1 Å². The second-order valence-electron chi connectivity index (χ2n) is 9.06. The van der Waals surface area contributed by atoms with E-state index in [9.17, 15) is 4.39 Å². The monoisotopic (exact) mass is 474 g/mol. The van der Waals surface area contributed by atoms with Crippen molar-refractivity contribution in [3.05, 3.63) is 83.8 Å². The third kappa shape index (κ3) is 4.83. The zero-order chi connectivity index (χ0) is 24.2. The number of nitrogens with zero attached hydrogens (tertiary/aromatic N) is 2. The molecule has 4 aromatic rings. The second-order valence-corrected chi connectivity index (χ2v) is 9.06. The average molecular weight is 475 g/mol. The lowest BCUT2D eigenvalue weighted by Gasteiger charge is -2.37. The number of hydrogen-bond donors (Lipinski definition) is 0. The first-order valence-electron chi connectivity index (χ1n) is 12.4. The number of piperidine rings is 1. The number of ether oxygens (including phenoxy) is 2. The molecular formula is C29H31FN2O3. The molecule has 2 unspecified atom stereocenters. The number of halogens is 1. The Morgan fingerprint density at radius 1 is 1.09 bits per heavy atom. The molecule has 0 bridgehead atoms. The predicted octanol–water partition coefficient (Wildman–Crippen LogP) is 7.11. The molecule has 5 rings (SSSR count). The van der Waals surface area contributed by atoms with Crippen LogP contribution in [0.5, 0.6) is 11.5 Å². The normalized spacial score (nSPS) is 16.9. The van der Waals surface area contributed by atoms with Gasteiger partial charge in [-0.15, -0.1) is 0 Å². The Bertz CT molecular complexity index is 1270. The predicted molar refractivity (Wildman–Crippen MR) is 136 cm³/mol. The van der Waals surface area contributed by atoms with Crippen LogP contribution in [0.4, 0.5) is 10.1 Å². The first-order chi connectivity index (χ1) is 17.2. The van der Waals surface area contributed by atoms with Gasteiger partial charge in [0.05, 0.1) is 18.8 Å². The molecule has 3 aromatic carbocycles. The van der Waals surface area contributed by atoms with Gasteiger partial charge in [-0.1, -0.05) is 48.5 Å². The SMILES string of the molecule is CCC(Cc1ccccc1)Oc1cccc(N2CCCCC2c2noc3cc(F)ccc23)c1OC. The lowest BCUT2D eigenvalue weighted by Crippen LogP contribution is -2.34. The van der Waals surface area contributed by atoms with Gasteiger partial charge in [0.2, 0.25) is 0 Å². The molecule has 0 amide bonds. The lowest BCUT2D eigenvalue weighted by atomic mass is 9.96. The van der Waals surface area contributed by atoms with E-state index in [1.807, 2.05) is 18.2 Å². The average Bonchev–Trinajstić information content (AvgIpc) is 3.31. The van der Waals surface area contributed by atoms with Crippen molar-refractivity contribution in [3.8, 4) is 11.5 Å². The molecule has 0 spiro atoms. The van der Waals surface area contributed by atoms with Gasteiger partial charge >= 0.3 is 0 Å². The summed E-state index contributed by atoms with van der Waals surface area (Å²) >= 11 is 0. The Morgan fingerprint density at radius 3 is 2.74 bits per heavy atom. The molecule has 2 heterocycles. The van der Waals surface area contributed by atoms with Gasteiger partial charge < -0.3 is 18.9 Å². The van der Waals surface area contributed by atoms with E-state index in [2.05, 4.69) is 47.3 Å². The summed E-state index contributed by atoms with van der Waals surface area (Å²) in [5.41, 5.74) is 3.53. The van der Waals surface area contributed by atoms with E-state index in [0.29, 0.717) is 5.58 Å². The zero-order valence-corrected chi connectivity index (χ0v) is 20.2. The molecule has 1 saturated heterocycles. The highest BCUT2D eigenvalue weighted by Crippen LogP contribution is 2.45. The highest BCUT2D eigenvalue weighted by molar-refractivity contribution is 5.80. The number of rotatable bonds is 8. The van der Waals surface area contributed by atoms with Crippen molar-refractivity contribution in [1.82, 2.24) is 5.16 Å². The van der Waals surface area contributed by atoms with Crippen molar-refractivity contribution in [2.75, 3.05) is 18.6 Å². The molecule has 0 aliphatic carbocycles. The zero-order valence-electron chi connectivity index (χ0n) is 20.2. The Labute approximate surface area is 205 Å². The molecule has 5 nitrogen and oxygen atoms in total. The molecular weight excluding hydrogens is 443 g/mol. The summed E-state index contributed by atoms with van der Waals surface area (Å²) in [5.74, 6) is 1.14. The van der Waals surface area contributed by atoms with Gasteiger partial charge in [-0.2, -0.15) is 0 Å². The maximum absolute atomic E-state index is 13.7. The third-order valence-corrected chi connectivity index (χ3v) is 6.81. The van der Waals surface area contributed by atoms with E-state index in [0.717, 1.165) is 66.9 Å². The quantitative estimate of drug-likeness (QED) is 0.272. The van der Waals surface area contributed by atoms with Crippen LogP contribution in [-0.4, -0.2) is 24.9 Å². The first kappa shape index (κ1) is 23.2. The number of methoxy groups -OCH3 is 1. The molecule has 1 aromatic heterocycles. The van der Waals surface area contributed by atoms with Crippen molar-refractivity contribution in [3.63, 3.8) is 0 Å². The van der Waals surface area contributed by atoms with Crippen LogP contribution in [0.1, 0.15) is 49.9 Å². The van der Waals surface area contributed by atoms with E-state index in [4.69, 9.17) is 14.0 Å². The smallest absolute Gasteiger partial charge is 0.184 e. The van der Waals surface area contributed by atoms with Crippen molar-refractivity contribution in [2.24, 2.45) is 0 Å². The van der Waals surface area contributed by atoms with Gasteiger partial charge in [0, 0.05) is 24.4 Å². The fourth-order valence-electron chi connectivity index (χ4n) is 5.03. The number of hydrogen-bond acceptors (Lipinski definition) is 5. The highest BCUT2D eigenvalue weighted by atomic mass is 19.1. The minimum atomic E-state index is -0.326. The maximum Gasteiger partial charge on any atom is 0.184 e. The van der Waals surface area contributed by atoms with Crippen LogP contribution in [-0.2, 0) is 6.42 Å². The van der Waals surface area contributed by atoms with Crippen molar-refractivity contribution >= 4 is 16.7 Å². The highest BCUT2D eigenvalue weighted by Gasteiger charge is 2.31. The number of benzene rings is 3. The van der Waals surface area contributed by atoms with Crippen LogP contribution < -0.4 is 14.4 Å². The fraction of sp³-hybridized carbons (Fsp3) is 0.345. The molecule has 0 N–H and O–H groups in total. The summed E-state index contributed by atoms with van der Waals surface area (Å²) in [6, 6.07) is 21.1. The molecule has 182 valence electrons. The van der Waals surface area contributed by atoms with Gasteiger partial charge in [0.1, 0.15) is 17.6 Å². The van der Waals surface area contributed by atoms with Crippen LogP contribution in [0.25, 0.3) is 11.0 Å². The molecule has 1 aliphatic heterocycles. The van der Waals surface area contributed by atoms with E-state index >= 15 is 0 Å². The van der Waals surface area contributed by atoms with Crippen LogP contribution >= 0.6 is 0 Å². The second kappa shape index (κ2) is 10.4. The Hall–Kier alpha value is -3.54. The van der Waals surface area contributed by atoms with E-state index < -0.39 is 0 Å². The molecule has 0 saturated carbocycles. The van der Waals surface area contributed by atoms with Crippen LogP contribution in [0.2, 0.25) is 0 Å². The van der Waals surface area contributed by atoms with Gasteiger partial charge in [-0.25, -0.2) is 4.39 Å². The standard InChI is InChI=1S/C29H31FN2O3/c1-3-22(18-20-10-5-4-6-11-20)34-26-14-9-13-25(29(26)33-2)32-17-8-7-12-24(32)28-23-16-15-21(30)19-27(23)35-31-28/h4-6,9-11,13-16,19,22,24H,3,7-8,12,17-18H2,1-2H3. The number of aromatic nitrogens is 1. The Morgan fingerprint density at radius 2 is 1.94 bits per heavy atom. The molecule has 2 atom stereocenters. The summed E-state index contributed by atoms with van der Waals surface area (Å²) < 4.78 is 31.7. The van der Waals surface area contributed by atoms with Crippen molar-refractivity contribution in [1.29, 1.82) is 0 Å². The molecule has 0 radical (unpaired) electrons. The fourth-order valence-corrected chi connectivity index (χ4v) is 5.03. The Kier molecular flexibility index (Phi) is 6.89. The van der Waals surface area contributed by atoms with Gasteiger partial charge in [-0.3, -0.25) is 0 Å². The summed E-state index contributed by atoms with van der Waals surface area (Å²) in [5, 5.41) is 5.22. The minimum absolute atomic E-state index is 0.00546. The van der Waals surface area contributed by atoms with Crippen molar-refractivity contribution < 1.29 is 18.4 Å². The van der Waals surface area contributed by atoms with Gasteiger partial charge in [0.25, 0.3) is 0 Å². The van der Waals surface area contributed by atoms with E-state index in [1.54, 1.807) is 13.2 Å². The molecule has 1 aliphatic rings. The first-order valence-corrected chi connectivity index (χ1v) is 12.4. The van der Waals surface area contributed by atoms with E-state index in [-0.39, 0.29) is 18.0 Å². The lowest BCUT2D eigenvalue weighted by molar-refractivity contribution is 0.189. The molecule has 6 heteroatoms. The number of anilines is 1. The molecule has 1 fully saturated rings. The number of fused-ring (bicyclic) bond motifs is 1. The van der Waals surface area contributed by atoms with Crippen LogP contribution in [0.15, 0.2) is 71.3 Å². The maximum atomic E-state index is 13.7. The summed E-state index contributed by atoms with van der Waals surface area (Å²) in [4.78, 5) is 2.33. The Balaban J connectivity index is 1.46. The summed E-state index contributed by atoms with van der Waals surface area (Å²) in [6.07, 6.45) is 4.84. The number of para-hydroxylation sites is 1. The molecule has 35 heavy (non-hydrogen) atoms. The van der Waals surface area contributed by atoms with Gasteiger partial charge in [-0.05, 0) is 55.5 Å². The summed E-state index contributed by atoms with van der Waals surface area (Å²) in [6.45, 7) is 3.00. The third-order valence-electron chi connectivity index (χ3n) is 6.81. The van der Waals surface area contributed by atoms with Crippen LogP contribution in [0, 0.1) is 5.82 Å². The van der Waals surface area contributed by atoms with E-state index in [1.165, 1.54) is 17.7 Å². The topological polar surface area (TPSA) is 47.7 Å². The summed E-state index contributed by atoms with van der Waals surface area (Å²) in [7, 11) is 1.69.